The van der Waals surface area contributed by atoms with Crippen LogP contribution in [0.1, 0.15) is 0 Å². The summed E-state index contributed by atoms with van der Waals surface area (Å²) in [6.07, 6.45) is 3.08. The summed E-state index contributed by atoms with van der Waals surface area (Å²) in [7, 11) is -2.62. The maximum absolute atomic E-state index is 13.7. The SMILES string of the molecule is COc1c(N)cc(S(=O)(=O)NCCn2ccnn2)cc1F. The number of halogens is 1. The average molecular weight is 315 g/mol. The summed E-state index contributed by atoms with van der Waals surface area (Å²) >= 11 is 0. The summed E-state index contributed by atoms with van der Waals surface area (Å²) in [6.45, 7) is 0.382. The van der Waals surface area contributed by atoms with Gasteiger partial charge in [-0.1, -0.05) is 5.21 Å². The third kappa shape index (κ3) is 3.47. The van der Waals surface area contributed by atoms with Gasteiger partial charge in [0.25, 0.3) is 0 Å². The Morgan fingerprint density at radius 1 is 1.48 bits per heavy atom. The monoisotopic (exact) mass is 315 g/mol. The number of hydrogen-bond donors (Lipinski definition) is 2. The Labute approximate surface area is 120 Å². The number of anilines is 1. The number of nitrogens with one attached hydrogen (secondary N) is 1. The Bertz CT molecular complexity index is 694. The third-order valence-electron chi connectivity index (χ3n) is 2.67. The van der Waals surface area contributed by atoms with E-state index in [1.165, 1.54) is 18.0 Å². The Balaban J connectivity index is 2.12. The molecular formula is C11H14FN5O3S. The molecule has 0 atom stereocenters. The van der Waals surface area contributed by atoms with E-state index in [1.807, 2.05) is 0 Å². The van der Waals surface area contributed by atoms with Gasteiger partial charge < -0.3 is 10.5 Å². The van der Waals surface area contributed by atoms with Crippen LogP contribution in [-0.4, -0.2) is 37.1 Å². The van der Waals surface area contributed by atoms with Crippen molar-refractivity contribution >= 4 is 15.7 Å². The van der Waals surface area contributed by atoms with E-state index in [4.69, 9.17) is 10.5 Å². The highest BCUT2D eigenvalue weighted by molar-refractivity contribution is 7.89. The fourth-order valence-electron chi connectivity index (χ4n) is 1.69. The van der Waals surface area contributed by atoms with Gasteiger partial charge >= 0.3 is 0 Å². The van der Waals surface area contributed by atoms with E-state index in [0.717, 1.165) is 12.1 Å². The van der Waals surface area contributed by atoms with Gasteiger partial charge in [-0.05, 0) is 12.1 Å². The van der Waals surface area contributed by atoms with Gasteiger partial charge in [-0.3, -0.25) is 4.68 Å². The predicted molar refractivity (Wildman–Crippen MR) is 72.6 cm³/mol. The molecule has 2 aromatic rings. The molecule has 114 valence electrons. The van der Waals surface area contributed by atoms with Gasteiger partial charge in [0.15, 0.2) is 11.6 Å². The zero-order chi connectivity index (χ0) is 15.5. The van der Waals surface area contributed by atoms with Crippen molar-refractivity contribution in [2.45, 2.75) is 11.4 Å². The Hall–Kier alpha value is -2.20. The third-order valence-corrected chi connectivity index (χ3v) is 4.11. The summed E-state index contributed by atoms with van der Waals surface area (Å²) in [5.41, 5.74) is 5.47. The number of ether oxygens (including phenoxy) is 1. The van der Waals surface area contributed by atoms with Gasteiger partial charge in [0.05, 0.1) is 30.4 Å². The lowest BCUT2D eigenvalue weighted by Crippen LogP contribution is -2.27. The molecule has 0 spiro atoms. The highest BCUT2D eigenvalue weighted by Gasteiger charge is 2.18. The highest BCUT2D eigenvalue weighted by atomic mass is 32.2. The fraction of sp³-hybridized carbons (Fsp3) is 0.273. The van der Waals surface area contributed by atoms with Crippen LogP contribution < -0.4 is 15.2 Å². The number of nitrogen functional groups attached to an aromatic ring is 1. The van der Waals surface area contributed by atoms with E-state index >= 15 is 0 Å². The van der Waals surface area contributed by atoms with Crippen LogP contribution in [-0.2, 0) is 16.6 Å². The second-order valence-corrected chi connectivity index (χ2v) is 5.86. The Morgan fingerprint density at radius 2 is 2.24 bits per heavy atom. The molecule has 1 aromatic heterocycles. The lowest BCUT2D eigenvalue weighted by molar-refractivity contribution is 0.388. The van der Waals surface area contributed by atoms with Gasteiger partial charge in [-0.2, -0.15) is 0 Å². The van der Waals surface area contributed by atoms with Crippen LogP contribution in [0.2, 0.25) is 0 Å². The molecule has 3 N–H and O–H groups in total. The number of benzene rings is 1. The van der Waals surface area contributed by atoms with Crippen LogP contribution in [0.15, 0.2) is 29.4 Å². The van der Waals surface area contributed by atoms with E-state index in [0.29, 0.717) is 6.54 Å². The molecule has 0 saturated heterocycles. The second-order valence-electron chi connectivity index (χ2n) is 4.09. The van der Waals surface area contributed by atoms with Crippen LogP contribution in [0.3, 0.4) is 0 Å². The van der Waals surface area contributed by atoms with Gasteiger partial charge in [-0.15, -0.1) is 5.10 Å². The fourth-order valence-corrected chi connectivity index (χ4v) is 2.76. The molecule has 8 nitrogen and oxygen atoms in total. The average Bonchev–Trinajstić information content (AvgIpc) is 2.91. The highest BCUT2D eigenvalue weighted by Crippen LogP contribution is 2.28. The van der Waals surface area contributed by atoms with Crippen molar-refractivity contribution in [1.29, 1.82) is 0 Å². The molecule has 1 aromatic carbocycles. The largest absolute Gasteiger partial charge is 0.492 e. The summed E-state index contributed by atoms with van der Waals surface area (Å²) < 4.78 is 46.3. The first-order valence-electron chi connectivity index (χ1n) is 5.91. The van der Waals surface area contributed by atoms with Crippen molar-refractivity contribution in [3.8, 4) is 5.75 Å². The van der Waals surface area contributed by atoms with E-state index in [-0.39, 0.29) is 22.9 Å². The molecule has 0 unspecified atom stereocenters. The summed E-state index contributed by atoms with van der Waals surface area (Å²) in [5, 5.41) is 7.29. The van der Waals surface area contributed by atoms with Crippen molar-refractivity contribution in [3.05, 3.63) is 30.3 Å². The number of rotatable bonds is 6. The van der Waals surface area contributed by atoms with Crippen molar-refractivity contribution in [1.82, 2.24) is 19.7 Å². The molecule has 0 amide bonds. The number of nitrogens with two attached hydrogens (primary N) is 1. The minimum atomic E-state index is -3.87. The molecular weight excluding hydrogens is 301 g/mol. The minimum absolute atomic E-state index is 0.0826. The maximum Gasteiger partial charge on any atom is 0.240 e. The Kier molecular flexibility index (Phi) is 4.38. The topological polar surface area (TPSA) is 112 Å². The molecule has 0 fully saturated rings. The normalized spacial score (nSPS) is 11.5. The number of hydrogen-bond acceptors (Lipinski definition) is 6. The van der Waals surface area contributed by atoms with E-state index in [1.54, 1.807) is 6.20 Å². The van der Waals surface area contributed by atoms with Gasteiger partial charge in [0.2, 0.25) is 10.0 Å². The quantitative estimate of drug-likeness (QED) is 0.725. The molecule has 21 heavy (non-hydrogen) atoms. The van der Waals surface area contributed by atoms with Crippen molar-refractivity contribution in [2.24, 2.45) is 0 Å². The molecule has 0 aliphatic carbocycles. The van der Waals surface area contributed by atoms with Crippen LogP contribution in [0.25, 0.3) is 0 Å². The predicted octanol–water partition coefficient (Wildman–Crippen LogP) is -0.0135. The van der Waals surface area contributed by atoms with Crippen LogP contribution in [0.4, 0.5) is 10.1 Å². The number of nitrogens with zero attached hydrogens (tertiary/aromatic N) is 3. The van der Waals surface area contributed by atoms with E-state index in [9.17, 15) is 12.8 Å². The Morgan fingerprint density at radius 3 is 2.81 bits per heavy atom. The lowest BCUT2D eigenvalue weighted by atomic mass is 10.3. The van der Waals surface area contributed by atoms with E-state index in [2.05, 4.69) is 15.0 Å². The second kappa shape index (κ2) is 6.06. The molecule has 0 saturated carbocycles. The molecule has 10 heteroatoms. The first-order valence-corrected chi connectivity index (χ1v) is 7.39. The molecule has 0 radical (unpaired) electrons. The van der Waals surface area contributed by atoms with Gasteiger partial charge in [-0.25, -0.2) is 17.5 Å². The van der Waals surface area contributed by atoms with E-state index < -0.39 is 15.8 Å². The summed E-state index contributed by atoms with van der Waals surface area (Å²) in [6, 6.07) is 1.99. The molecule has 0 bridgehead atoms. The molecule has 0 aliphatic heterocycles. The van der Waals surface area contributed by atoms with Crippen LogP contribution in [0.5, 0.6) is 5.75 Å². The van der Waals surface area contributed by atoms with Crippen molar-refractivity contribution < 1.29 is 17.5 Å². The van der Waals surface area contributed by atoms with Gasteiger partial charge in [0, 0.05) is 12.7 Å². The molecule has 1 heterocycles. The zero-order valence-corrected chi connectivity index (χ0v) is 12.0. The van der Waals surface area contributed by atoms with Gasteiger partial charge in [0.1, 0.15) is 0 Å². The molecule has 2 rings (SSSR count). The number of aromatic nitrogens is 3. The van der Waals surface area contributed by atoms with Crippen molar-refractivity contribution in [3.63, 3.8) is 0 Å². The number of methoxy groups -OCH3 is 1. The lowest BCUT2D eigenvalue weighted by Gasteiger charge is -2.10. The molecule has 0 aliphatic rings. The maximum atomic E-state index is 13.7. The summed E-state index contributed by atoms with van der Waals surface area (Å²) in [5.74, 6) is -1.02. The first-order chi connectivity index (χ1) is 9.94. The van der Waals surface area contributed by atoms with Crippen LogP contribution in [0, 0.1) is 5.82 Å². The smallest absolute Gasteiger partial charge is 0.240 e. The zero-order valence-electron chi connectivity index (χ0n) is 11.2. The van der Waals surface area contributed by atoms with Crippen LogP contribution >= 0.6 is 0 Å². The minimum Gasteiger partial charge on any atom is -0.492 e. The number of sulfonamides is 1. The van der Waals surface area contributed by atoms with Crippen molar-refractivity contribution in [2.75, 3.05) is 19.4 Å². The standard InChI is InChI=1S/C11H14FN5O3S/c1-20-11-9(12)6-8(7-10(11)13)21(18,19)15-3-5-17-4-2-14-16-17/h2,4,6-7,15H,3,5,13H2,1H3. The first kappa shape index (κ1) is 15.2. The summed E-state index contributed by atoms with van der Waals surface area (Å²) in [4.78, 5) is -0.267.